The fourth-order valence-corrected chi connectivity index (χ4v) is 3.46. The highest BCUT2D eigenvalue weighted by molar-refractivity contribution is 5.59. The third-order valence-electron chi connectivity index (χ3n) is 5.07. The van der Waals surface area contributed by atoms with Crippen molar-refractivity contribution in [1.82, 2.24) is 0 Å². The minimum atomic E-state index is 0.0216. The molecule has 1 unspecified atom stereocenters. The van der Waals surface area contributed by atoms with Gasteiger partial charge in [-0.25, -0.2) is 0 Å². The quantitative estimate of drug-likeness (QED) is 0.569. The van der Waals surface area contributed by atoms with Crippen LogP contribution in [0, 0.1) is 6.92 Å². The first-order valence-electron chi connectivity index (χ1n) is 9.10. The van der Waals surface area contributed by atoms with E-state index in [9.17, 15) is 0 Å². The normalized spacial score (nSPS) is 17.4. The average Bonchev–Trinajstić information content (AvgIpc) is 2.81. The lowest BCUT2D eigenvalue weighted by Gasteiger charge is -2.27. The van der Waals surface area contributed by atoms with Crippen LogP contribution in [0.3, 0.4) is 0 Å². The van der Waals surface area contributed by atoms with E-state index in [1.54, 1.807) is 0 Å². The van der Waals surface area contributed by atoms with Crippen LogP contribution in [0.4, 0.5) is 0 Å². The second kappa shape index (κ2) is 5.76. The van der Waals surface area contributed by atoms with Crippen molar-refractivity contribution in [3.8, 4) is 5.75 Å². The number of allylic oxidation sites excluding steroid dienone is 1. The van der Waals surface area contributed by atoms with Crippen molar-refractivity contribution in [3.05, 3.63) is 76.6 Å². The molecule has 1 aliphatic rings. The first-order valence-corrected chi connectivity index (χ1v) is 9.10. The summed E-state index contributed by atoms with van der Waals surface area (Å²) in [5.74, 6) is 1.95. The van der Waals surface area contributed by atoms with Crippen molar-refractivity contribution in [1.29, 1.82) is 0 Å². The summed E-state index contributed by atoms with van der Waals surface area (Å²) in [7, 11) is 0. The van der Waals surface area contributed by atoms with E-state index in [-0.39, 0.29) is 16.7 Å². The Labute approximate surface area is 152 Å². The van der Waals surface area contributed by atoms with Gasteiger partial charge in [0, 0.05) is 11.1 Å². The highest BCUT2D eigenvalue weighted by atomic mass is 16.5. The van der Waals surface area contributed by atoms with Gasteiger partial charge in [0.05, 0.1) is 5.92 Å². The summed E-state index contributed by atoms with van der Waals surface area (Å²) in [6.07, 6.45) is 0. The summed E-state index contributed by atoms with van der Waals surface area (Å²) in [6, 6.07) is 13.4. The van der Waals surface area contributed by atoms with E-state index < -0.39 is 0 Å². The summed E-state index contributed by atoms with van der Waals surface area (Å²) in [6.45, 7) is 19.9. The van der Waals surface area contributed by atoms with Crippen LogP contribution in [0.25, 0.3) is 0 Å². The van der Waals surface area contributed by atoms with Crippen LogP contribution in [-0.4, -0.2) is 0 Å². The van der Waals surface area contributed by atoms with Crippen LogP contribution in [0.15, 0.2) is 48.7 Å². The van der Waals surface area contributed by atoms with E-state index in [0.29, 0.717) is 0 Å². The SMILES string of the molecule is C=C1Oc2c(cc(C(C)(C)C)cc2C(C)(C)C)C1c1ccc(C)cc1. The molecule has 0 amide bonds. The largest absolute Gasteiger partial charge is 0.461 e. The smallest absolute Gasteiger partial charge is 0.134 e. The molecular weight excluding hydrogens is 304 g/mol. The number of ether oxygens (including phenoxy) is 1. The van der Waals surface area contributed by atoms with Gasteiger partial charge in [-0.15, -0.1) is 0 Å². The Morgan fingerprint density at radius 2 is 1.48 bits per heavy atom. The van der Waals surface area contributed by atoms with E-state index in [1.165, 1.54) is 27.8 Å². The van der Waals surface area contributed by atoms with Crippen LogP contribution >= 0.6 is 0 Å². The molecule has 0 N–H and O–H groups in total. The van der Waals surface area contributed by atoms with Gasteiger partial charge in [0.25, 0.3) is 0 Å². The van der Waals surface area contributed by atoms with E-state index in [1.807, 2.05) is 0 Å². The monoisotopic (exact) mass is 334 g/mol. The van der Waals surface area contributed by atoms with Crippen molar-refractivity contribution in [2.75, 3.05) is 0 Å². The molecule has 3 rings (SSSR count). The molecule has 1 heterocycles. The lowest BCUT2D eigenvalue weighted by atomic mass is 9.77. The minimum absolute atomic E-state index is 0.0216. The molecule has 0 saturated carbocycles. The van der Waals surface area contributed by atoms with Gasteiger partial charge in [0.2, 0.25) is 0 Å². The topological polar surface area (TPSA) is 9.23 Å². The summed E-state index contributed by atoms with van der Waals surface area (Å²) in [5.41, 5.74) is 6.51. The Balaban J connectivity index is 2.24. The predicted molar refractivity (Wildman–Crippen MR) is 107 cm³/mol. The highest BCUT2D eigenvalue weighted by Crippen LogP contribution is 2.50. The zero-order valence-corrected chi connectivity index (χ0v) is 16.7. The van der Waals surface area contributed by atoms with Gasteiger partial charge in [0.15, 0.2) is 0 Å². The number of aryl methyl sites for hydroxylation is 1. The van der Waals surface area contributed by atoms with Crippen LogP contribution in [0.5, 0.6) is 5.75 Å². The third kappa shape index (κ3) is 3.25. The van der Waals surface area contributed by atoms with Gasteiger partial charge >= 0.3 is 0 Å². The third-order valence-corrected chi connectivity index (χ3v) is 5.07. The van der Waals surface area contributed by atoms with E-state index in [4.69, 9.17) is 4.74 Å². The van der Waals surface area contributed by atoms with Crippen LogP contribution in [0.1, 0.15) is 75.3 Å². The van der Waals surface area contributed by atoms with Crippen LogP contribution < -0.4 is 4.74 Å². The standard InChI is InChI=1S/C24H30O/c1-15-9-11-17(12-10-15)21-16(2)25-22-19(21)13-18(23(3,4)5)14-20(22)24(6,7)8/h9-14,21H,2H2,1,3-8H3. The number of benzene rings is 2. The van der Waals surface area contributed by atoms with Gasteiger partial charge in [-0.3, -0.25) is 0 Å². The van der Waals surface area contributed by atoms with Gasteiger partial charge in [-0.05, 0) is 28.9 Å². The predicted octanol–water partition coefficient (Wildman–Crippen LogP) is 6.63. The molecule has 0 aliphatic carbocycles. The molecular formula is C24H30O. The van der Waals surface area contributed by atoms with Crippen molar-refractivity contribution in [3.63, 3.8) is 0 Å². The molecule has 0 spiro atoms. The first kappa shape index (κ1) is 17.8. The number of hydrogen-bond donors (Lipinski definition) is 0. The summed E-state index contributed by atoms with van der Waals surface area (Å²) in [4.78, 5) is 0. The molecule has 2 aromatic carbocycles. The van der Waals surface area contributed by atoms with Crippen molar-refractivity contribution < 1.29 is 4.74 Å². The molecule has 0 saturated heterocycles. The molecule has 0 bridgehead atoms. The Hall–Kier alpha value is -2.02. The fourth-order valence-electron chi connectivity index (χ4n) is 3.46. The molecule has 1 nitrogen and oxygen atoms in total. The maximum Gasteiger partial charge on any atom is 0.134 e. The van der Waals surface area contributed by atoms with E-state index >= 15 is 0 Å². The molecule has 132 valence electrons. The second-order valence-electron chi connectivity index (χ2n) is 9.35. The molecule has 1 aliphatic heterocycles. The molecule has 1 atom stereocenters. The Morgan fingerprint density at radius 1 is 0.880 bits per heavy atom. The lowest BCUT2D eigenvalue weighted by Crippen LogP contribution is -2.17. The summed E-state index contributed by atoms with van der Waals surface area (Å²) >= 11 is 0. The maximum atomic E-state index is 6.23. The van der Waals surface area contributed by atoms with Crippen molar-refractivity contribution in [2.45, 2.75) is 65.2 Å². The van der Waals surface area contributed by atoms with Crippen molar-refractivity contribution >= 4 is 0 Å². The van der Waals surface area contributed by atoms with E-state index in [0.717, 1.165) is 11.5 Å². The maximum absolute atomic E-state index is 6.23. The van der Waals surface area contributed by atoms with Crippen LogP contribution in [-0.2, 0) is 10.8 Å². The molecule has 1 heteroatoms. The highest BCUT2D eigenvalue weighted by Gasteiger charge is 2.36. The Kier molecular flexibility index (Phi) is 4.10. The fraction of sp³-hybridized carbons (Fsp3) is 0.417. The molecule has 0 radical (unpaired) electrons. The zero-order chi connectivity index (χ0) is 18.6. The van der Waals surface area contributed by atoms with Crippen LogP contribution in [0.2, 0.25) is 0 Å². The van der Waals surface area contributed by atoms with Gasteiger partial charge in [-0.2, -0.15) is 0 Å². The molecule has 25 heavy (non-hydrogen) atoms. The number of fused-ring (bicyclic) bond motifs is 1. The number of hydrogen-bond acceptors (Lipinski definition) is 1. The van der Waals surface area contributed by atoms with E-state index in [2.05, 4.69) is 91.4 Å². The lowest BCUT2D eigenvalue weighted by molar-refractivity contribution is 0.422. The average molecular weight is 335 g/mol. The first-order chi connectivity index (χ1) is 11.5. The van der Waals surface area contributed by atoms with Gasteiger partial charge in [-0.1, -0.05) is 90.1 Å². The number of rotatable bonds is 1. The van der Waals surface area contributed by atoms with Crippen molar-refractivity contribution in [2.24, 2.45) is 0 Å². The van der Waals surface area contributed by atoms with Gasteiger partial charge in [0.1, 0.15) is 11.5 Å². The zero-order valence-electron chi connectivity index (χ0n) is 16.7. The Bertz CT molecular complexity index is 811. The molecule has 2 aromatic rings. The molecule has 0 aromatic heterocycles. The Morgan fingerprint density at radius 3 is 2.00 bits per heavy atom. The molecule has 0 fully saturated rings. The minimum Gasteiger partial charge on any atom is -0.461 e. The summed E-state index contributed by atoms with van der Waals surface area (Å²) < 4.78 is 6.23. The second-order valence-corrected chi connectivity index (χ2v) is 9.35. The van der Waals surface area contributed by atoms with Gasteiger partial charge < -0.3 is 4.74 Å². The summed E-state index contributed by atoms with van der Waals surface area (Å²) in [5, 5.41) is 0.